The lowest BCUT2D eigenvalue weighted by atomic mass is 9.35. The van der Waals surface area contributed by atoms with Crippen LogP contribution in [0.5, 0.6) is 11.5 Å². The molecule has 9 nitrogen and oxygen atoms in total. The summed E-state index contributed by atoms with van der Waals surface area (Å²) in [5, 5.41) is 11.8. The first kappa shape index (κ1) is 23.6. The molecule has 7 rings (SSSR count). The summed E-state index contributed by atoms with van der Waals surface area (Å²) in [6.07, 6.45) is 1.90. The third-order valence-corrected chi connectivity index (χ3v) is 9.48. The first-order chi connectivity index (χ1) is 17.1. The lowest BCUT2D eigenvalue weighted by Gasteiger charge is -2.68. The molecule has 3 unspecified atom stereocenters. The number of likely N-dealkylation sites (tertiary alicyclic amines) is 1. The zero-order valence-corrected chi connectivity index (χ0v) is 21.2. The van der Waals surface area contributed by atoms with E-state index in [1.807, 2.05) is 6.07 Å². The molecule has 2 aliphatic heterocycles. The van der Waals surface area contributed by atoms with Gasteiger partial charge in [-0.1, -0.05) is 19.9 Å². The maximum Gasteiger partial charge on any atom is 0.326 e. The molecule has 2 N–H and O–H groups in total. The van der Waals surface area contributed by atoms with Crippen LogP contribution < -0.4 is 14.8 Å². The van der Waals surface area contributed by atoms with Crippen LogP contribution in [0.1, 0.15) is 50.7 Å². The zero-order chi connectivity index (χ0) is 25.6. The van der Waals surface area contributed by atoms with Gasteiger partial charge < -0.3 is 29.5 Å². The van der Waals surface area contributed by atoms with Crippen molar-refractivity contribution in [2.75, 3.05) is 20.7 Å². The van der Waals surface area contributed by atoms with Crippen molar-refractivity contribution in [3.63, 3.8) is 0 Å². The van der Waals surface area contributed by atoms with Crippen LogP contribution in [0.25, 0.3) is 0 Å². The normalized spacial score (nSPS) is 35.4. The second kappa shape index (κ2) is 7.84. The Kier molecular flexibility index (Phi) is 5.14. The van der Waals surface area contributed by atoms with Gasteiger partial charge in [0, 0.05) is 30.0 Å². The highest BCUT2D eigenvalue weighted by Gasteiger charge is 2.81. The summed E-state index contributed by atoms with van der Waals surface area (Å²) >= 11 is 0. The first-order valence-electron chi connectivity index (χ1n) is 12.9. The molecule has 4 fully saturated rings. The fourth-order valence-corrected chi connectivity index (χ4v) is 8.43. The van der Waals surface area contributed by atoms with Gasteiger partial charge >= 0.3 is 11.9 Å². The summed E-state index contributed by atoms with van der Waals surface area (Å²) in [5.74, 6) is -0.269. The molecule has 4 aliphatic carbocycles. The summed E-state index contributed by atoms with van der Waals surface area (Å²) in [7, 11) is 3.85. The molecule has 6 aliphatic rings. The zero-order valence-electron chi connectivity index (χ0n) is 21.2. The van der Waals surface area contributed by atoms with E-state index in [0.717, 1.165) is 37.3 Å². The Morgan fingerprint density at radius 1 is 1.28 bits per heavy atom. The monoisotopic (exact) mass is 498 g/mol. The second-order valence-corrected chi connectivity index (χ2v) is 11.8. The van der Waals surface area contributed by atoms with Crippen molar-refractivity contribution in [1.29, 1.82) is 0 Å². The van der Waals surface area contributed by atoms with Crippen molar-refractivity contribution < 1.29 is 33.7 Å². The average molecular weight is 499 g/mol. The molecule has 2 heterocycles. The minimum atomic E-state index is -1.09. The van der Waals surface area contributed by atoms with Gasteiger partial charge in [0.25, 0.3) is 0 Å². The SMILES string of the molecule is COc1ccc2c3c1O[C@H]1[C@@H](OC(=O)CCC(=O)NC(C(=O)O)C(C)C)CC45CN(C)[C@H](C2)C4[C@@]31C5. The number of carbonyl (C=O) groups excluding carboxylic acids is 2. The maximum absolute atomic E-state index is 12.9. The molecule has 1 aromatic carbocycles. The number of carbonyl (C=O) groups is 3. The van der Waals surface area contributed by atoms with E-state index in [9.17, 15) is 19.5 Å². The van der Waals surface area contributed by atoms with E-state index in [0.29, 0.717) is 12.0 Å². The van der Waals surface area contributed by atoms with Crippen molar-refractivity contribution in [2.24, 2.45) is 17.3 Å². The van der Waals surface area contributed by atoms with E-state index in [1.54, 1.807) is 21.0 Å². The van der Waals surface area contributed by atoms with Gasteiger partial charge in [-0.15, -0.1) is 0 Å². The van der Waals surface area contributed by atoms with E-state index < -0.39 is 30.0 Å². The number of benzene rings is 1. The third-order valence-electron chi connectivity index (χ3n) is 9.48. The fraction of sp³-hybridized carbons (Fsp3) is 0.667. The van der Waals surface area contributed by atoms with Crippen LogP contribution in [0, 0.1) is 17.3 Å². The highest BCUT2D eigenvalue weighted by Crippen LogP contribution is 2.78. The molecule has 194 valence electrons. The Bertz CT molecular complexity index is 1150. The highest BCUT2D eigenvalue weighted by atomic mass is 16.6. The van der Waals surface area contributed by atoms with Crippen LogP contribution >= 0.6 is 0 Å². The second-order valence-electron chi connectivity index (χ2n) is 11.8. The van der Waals surface area contributed by atoms with Gasteiger partial charge in [-0.25, -0.2) is 4.79 Å². The Hall–Kier alpha value is -2.81. The van der Waals surface area contributed by atoms with Crippen LogP contribution in [0.3, 0.4) is 0 Å². The third kappa shape index (κ3) is 3.01. The molecule has 0 aromatic heterocycles. The minimum Gasteiger partial charge on any atom is -0.493 e. The van der Waals surface area contributed by atoms with Gasteiger partial charge in [0.15, 0.2) is 11.5 Å². The van der Waals surface area contributed by atoms with Gasteiger partial charge in [0.2, 0.25) is 5.91 Å². The molecule has 1 amide bonds. The van der Waals surface area contributed by atoms with Crippen molar-refractivity contribution in [3.05, 3.63) is 23.3 Å². The summed E-state index contributed by atoms with van der Waals surface area (Å²) in [4.78, 5) is 39.1. The number of fused-ring (bicyclic) bond motifs is 1. The number of carboxylic acid groups (broad SMARTS) is 1. The Labute approximate surface area is 210 Å². The smallest absolute Gasteiger partial charge is 0.326 e. The lowest BCUT2D eigenvalue weighted by Crippen LogP contribution is -2.74. The van der Waals surface area contributed by atoms with Crippen molar-refractivity contribution in [1.82, 2.24) is 10.2 Å². The number of ether oxygens (including phenoxy) is 3. The van der Waals surface area contributed by atoms with Crippen LogP contribution in [-0.2, 0) is 31.0 Å². The molecule has 7 atom stereocenters. The Morgan fingerprint density at radius 2 is 2.06 bits per heavy atom. The molecule has 3 saturated carbocycles. The van der Waals surface area contributed by atoms with Gasteiger partial charge in [0.05, 0.1) is 13.5 Å². The standard InChI is InChI=1S/C27H34N2O7/c1-13(2)21(25(32)33)28-18(30)7-8-19(31)35-17-10-26-11-27-20-14(9-15(23(26)27)29(3)12-26)5-6-16(34-4)22(20)36-24(17)27/h5-6,13,15,17,21,23-24H,7-12H2,1-4H3,(H,28,30)(H,32,33)/t15-,17+,21?,23?,24+,26?,27-/m1/s1. The van der Waals surface area contributed by atoms with E-state index in [2.05, 4.69) is 23.3 Å². The summed E-state index contributed by atoms with van der Waals surface area (Å²) in [5.41, 5.74) is 2.50. The largest absolute Gasteiger partial charge is 0.493 e. The predicted octanol–water partition coefficient (Wildman–Crippen LogP) is 1.89. The number of carboxylic acids is 1. The molecule has 9 heteroatoms. The van der Waals surface area contributed by atoms with Crippen molar-refractivity contribution in [2.45, 2.75) is 75.7 Å². The van der Waals surface area contributed by atoms with E-state index in [4.69, 9.17) is 14.2 Å². The number of likely N-dealkylation sites (N-methyl/N-ethyl adjacent to an activating group) is 1. The molecule has 2 spiro atoms. The van der Waals surface area contributed by atoms with Gasteiger partial charge in [0.1, 0.15) is 18.2 Å². The number of esters is 1. The molecule has 1 aromatic rings. The van der Waals surface area contributed by atoms with E-state index in [-0.39, 0.29) is 35.7 Å². The minimum absolute atomic E-state index is 0.104. The molecular weight excluding hydrogens is 464 g/mol. The Morgan fingerprint density at radius 3 is 2.75 bits per heavy atom. The lowest BCUT2D eigenvalue weighted by molar-refractivity contribution is -0.210. The van der Waals surface area contributed by atoms with Crippen LogP contribution in [0.15, 0.2) is 12.1 Å². The summed E-state index contributed by atoms with van der Waals surface area (Å²) in [6.45, 7) is 4.44. The summed E-state index contributed by atoms with van der Waals surface area (Å²) < 4.78 is 18.3. The van der Waals surface area contributed by atoms with Crippen molar-refractivity contribution in [3.8, 4) is 11.5 Å². The number of methoxy groups -OCH3 is 1. The van der Waals surface area contributed by atoms with Crippen LogP contribution in [-0.4, -0.2) is 72.8 Å². The van der Waals surface area contributed by atoms with Crippen LogP contribution in [0.4, 0.5) is 0 Å². The number of hydrogen-bond donors (Lipinski definition) is 2. The predicted molar refractivity (Wildman–Crippen MR) is 128 cm³/mol. The number of amides is 1. The quantitative estimate of drug-likeness (QED) is 0.523. The average Bonchev–Trinajstić information content (AvgIpc) is 3.29. The number of nitrogens with one attached hydrogen (secondary N) is 1. The fourth-order valence-electron chi connectivity index (χ4n) is 8.43. The number of hydrogen-bond acceptors (Lipinski definition) is 7. The first-order valence-corrected chi connectivity index (χ1v) is 12.9. The molecule has 2 bridgehead atoms. The topological polar surface area (TPSA) is 114 Å². The van der Waals surface area contributed by atoms with Crippen molar-refractivity contribution >= 4 is 17.8 Å². The molecule has 0 radical (unpaired) electrons. The van der Waals surface area contributed by atoms with Gasteiger partial charge in [-0.2, -0.15) is 0 Å². The molecular formula is C27H34N2O7. The number of rotatable bonds is 8. The molecule has 1 saturated heterocycles. The number of aliphatic carboxylic acids is 1. The Balaban J connectivity index is 1.20. The molecule has 36 heavy (non-hydrogen) atoms. The van der Waals surface area contributed by atoms with E-state index >= 15 is 0 Å². The number of nitrogens with zero attached hydrogens (tertiary/aromatic N) is 1. The summed E-state index contributed by atoms with van der Waals surface area (Å²) in [6, 6.07) is 3.61. The van der Waals surface area contributed by atoms with Gasteiger partial charge in [-0.05, 0) is 55.2 Å². The highest BCUT2D eigenvalue weighted by molar-refractivity contribution is 5.86. The van der Waals surface area contributed by atoms with Crippen LogP contribution in [0.2, 0.25) is 0 Å². The van der Waals surface area contributed by atoms with Gasteiger partial charge in [-0.3, -0.25) is 9.59 Å². The maximum atomic E-state index is 12.9. The van der Waals surface area contributed by atoms with E-state index in [1.165, 1.54) is 11.1 Å².